The molecule has 0 unspecified atom stereocenters. The Bertz CT molecular complexity index is 685. The van der Waals surface area contributed by atoms with Crippen molar-refractivity contribution in [2.75, 3.05) is 13.2 Å². The number of ether oxygens (including phenoxy) is 1. The van der Waals surface area contributed by atoms with Crippen LogP contribution in [0.15, 0.2) is 23.1 Å². The van der Waals surface area contributed by atoms with Gasteiger partial charge in [0.2, 0.25) is 15.9 Å². The first-order chi connectivity index (χ1) is 10.7. The summed E-state index contributed by atoms with van der Waals surface area (Å²) in [5, 5.41) is 2.37. The minimum absolute atomic E-state index is 0.120. The van der Waals surface area contributed by atoms with Crippen molar-refractivity contribution in [2.45, 2.75) is 38.6 Å². The predicted molar refractivity (Wildman–Crippen MR) is 85.3 cm³/mol. The standard InChI is InChI=1S/C15H22N2O5S/c1-5-22-15(19)12(4)17-14(18)9-16-23(20,21)13-7-6-10(2)8-11(13)3/h6-8,12,16H,5,9H2,1-4H3,(H,17,18)/t12-/m0/s1. The lowest BCUT2D eigenvalue weighted by Crippen LogP contribution is -2.44. The fourth-order valence-electron chi connectivity index (χ4n) is 1.96. The molecule has 23 heavy (non-hydrogen) atoms. The van der Waals surface area contributed by atoms with E-state index in [1.54, 1.807) is 26.0 Å². The van der Waals surface area contributed by atoms with Crippen LogP contribution < -0.4 is 10.0 Å². The zero-order valence-electron chi connectivity index (χ0n) is 13.7. The van der Waals surface area contributed by atoms with Crippen LogP contribution in [-0.2, 0) is 24.3 Å². The number of benzene rings is 1. The molecule has 0 saturated carbocycles. The van der Waals surface area contributed by atoms with Gasteiger partial charge in [-0.2, -0.15) is 0 Å². The number of hydrogen-bond acceptors (Lipinski definition) is 5. The molecule has 0 radical (unpaired) electrons. The highest BCUT2D eigenvalue weighted by Gasteiger charge is 2.20. The summed E-state index contributed by atoms with van der Waals surface area (Å²) in [6.45, 7) is 6.42. The second kappa shape index (κ2) is 8.07. The Morgan fingerprint density at radius 2 is 1.91 bits per heavy atom. The summed E-state index contributed by atoms with van der Waals surface area (Å²) in [6, 6.07) is 4.08. The largest absolute Gasteiger partial charge is 0.464 e. The van der Waals surface area contributed by atoms with Crippen molar-refractivity contribution >= 4 is 21.9 Å². The molecule has 128 valence electrons. The van der Waals surface area contributed by atoms with Crippen molar-refractivity contribution in [3.05, 3.63) is 29.3 Å². The molecule has 0 aliphatic rings. The molecule has 7 nitrogen and oxygen atoms in total. The molecule has 0 saturated heterocycles. The van der Waals surface area contributed by atoms with Crippen molar-refractivity contribution in [2.24, 2.45) is 0 Å². The van der Waals surface area contributed by atoms with Gasteiger partial charge < -0.3 is 10.1 Å². The molecular weight excluding hydrogens is 320 g/mol. The molecule has 0 spiro atoms. The Balaban J connectivity index is 2.66. The highest BCUT2D eigenvalue weighted by molar-refractivity contribution is 7.89. The second-order valence-corrected chi connectivity index (χ2v) is 6.87. The molecule has 1 rings (SSSR count). The van der Waals surface area contributed by atoms with E-state index in [-0.39, 0.29) is 11.5 Å². The molecule has 1 aromatic carbocycles. The maximum Gasteiger partial charge on any atom is 0.328 e. The van der Waals surface area contributed by atoms with Crippen molar-refractivity contribution in [1.29, 1.82) is 0 Å². The molecule has 0 aromatic heterocycles. The van der Waals surface area contributed by atoms with Gasteiger partial charge in [-0.25, -0.2) is 17.9 Å². The third-order valence-electron chi connectivity index (χ3n) is 3.06. The van der Waals surface area contributed by atoms with Crippen LogP contribution in [0.25, 0.3) is 0 Å². The van der Waals surface area contributed by atoms with E-state index in [2.05, 4.69) is 10.0 Å². The summed E-state index contributed by atoms with van der Waals surface area (Å²) in [5.74, 6) is -1.18. The minimum Gasteiger partial charge on any atom is -0.464 e. The maximum atomic E-state index is 12.2. The molecular formula is C15H22N2O5S. The first kappa shape index (κ1) is 19.1. The SMILES string of the molecule is CCOC(=O)[C@H](C)NC(=O)CNS(=O)(=O)c1ccc(C)cc1C. The molecule has 0 heterocycles. The van der Waals surface area contributed by atoms with Crippen molar-refractivity contribution < 1.29 is 22.7 Å². The summed E-state index contributed by atoms with van der Waals surface area (Å²) in [4.78, 5) is 23.3. The number of nitrogens with one attached hydrogen (secondary N) is 2. The number of rotatable bonds is 7. The smallest absolute Gasteiger partial charge is 0.328 e. The molecule has 1 aromatic rings. The summed E-state index contributed by atoms with van der Waals surface area (Å²) in [5.41, 5.74) is 1.54. The normalized spacial score (nSPS) is 12.5. The third-order valence-corrected chi connectivity index (χ3v) is 4.62. The second-order valence-electron chi connectivity index (χ2n) is 5.13. The van der Waals surface area contributed by atoms with Gasteiger partial charge in [0.1, 0.15) is 6.04 Å². The molecule has 2 N–H and O–H groups in total. The van der Waals surface area contributed by atoms with Gasteiger partial charge in [0, 0.05) is 0 Å². The first-order valence-electron chi connectivity index (χ1n) is 7.20. The highest BCUT2D eigenvalue weighted by Crippen LogP contribution is 2.15. The Kier molecular flexibility index (Phi) is 6.71. The Labute approximate surface area is 136 Å². The van der Waals surface area contributed by atoms with E-state index in [9.17, 15) is 18.0 Å². The number of carbonyl (C=O) groups is 2. The van der Waals surface area contributed by atoms with E-state index < -0.39 is 34.5 Å². The number of sulfonamides is 1. The quantitative estimate of drug-likeness (QED) is 0.709. The molecule has 1 amide bonds. The average molecular weight is 342 g/mol. The topological polar surface area (TPSA) is 102 Å². The van der Waals surface area contributed by atoms with E-state index in [1.165, 1.54) is 13.0 Å². The van der Waals surface area contributed by atoms with Gasteiger partial charge in [0.25, 0.3) is 0 Å². The fraction of sp³-hybridized carbons (Fsp3) is 0.467. The van der Waals surface area contributed by atoms with Crippen molar-refractivity contribution in [3.63, 3.8) is 0 Å². The van der Waals surface area contributed by atoms with E-state index in [0.717, 1.165) is 5.56 Å². The van der Waals surface area contributed by atoms with Crippen molar-refractivity contribution in [1.82, 2.24) is 10.0 Å². The summed E-state index contributed by atoms with van der Waals surface area (Å²) in [6.07, 6.45) is 0. The van der Waals surface area contributed by atoms with E-state index in [4.69, 9.17) is 4.74 Å². The van der Waals surface area contributed by atoms with Gasteiger partial charge in [-0.05, 0) is 39.3 Å². The van der Waals surface area contributed by atoms with Crippen LogP contribution in [0.2, 0.25) is 0 Å². The number of carbonyl (C=O) groups excluding carboxylic acids is 2. The average Bonchev–Trinajstić information content (AvgIpc) is 2.45. The van der Waals surface area contributed by atoms with Gasteiger partial charge in [0.15, 0.2) is 0 Å². The molecule has 0 aliphatic heterocycles. The molecule has 0 bridgehead atoms. The Morgan fingerprint density at radius 3 is 2.48 bits per heavy atom. The molecule has 0 aliphatic carbocycles. The zero-order valence-corrected chi connectivity index (χ0v) is 14.5. The lowest BCUT2D eigenvalue weighted by atomic mass is 10.2. The van der Waals surface area contributed by atoms with Crippen LogP contribution >= 0.6 is 0 Å². The van der Waals surface area contributed by atoms with Crippen LogP contribution in [0.5, 0.6) is 0 Å². The monoisotopic (exact) mass is 342 g/mol. The predicted octanol–water partition coefficient (Wildman–Crippen LogP) is 0.650. The number of amides is 1. The van der Waals surface area contributed by atoms with E-state index in [1.807, 2.05) is 6.92 Å². The molecule has 0 fully saturated rings. The highest BCUT2D eigenvalue weighted by atomic mass is 32.2. The van der Waals surface area contributed by atoms with Crippen LogP contribution in [0.3, 0.4) is 0 Å². The Hall–Kier alpha value is -1.93. The summed E-state index contributed by atoms with van der Waals surface area (Å²) < 4.78 is 31.4. The lowest BCUT2D eigenvalue weighted by Gasteiger charge is -2.13. The first-order valence-corrected chi connectivity index (χ1v) is 8.68. The van der Waals surface area contributed by atoms with Crippen LogP contribution in [-0.4, -0.2) is 39.5 Å². The summed E-state index contributed by atoms with van der Waals surface area (Å²) >= 11 is 0. The maximum absolute atomic E-state index is 12.2. The number of aryl methyl sites for hydroxylation is 2. The molecule has 1 atom stereocenters. The zero-order chi connectivity index (χ0) is 17.6. The van der Waals surface area contributed by atoms with E-state index in [0.29, 0.717) is 5.56 Å². The van der Waals surface area contributed by atoms with Gasteiger partial charge in [-0.1, -0.05) is 17.7 Å². The van der Waals surface area contributed by atoms with Gasteiger partial charge in [-0.15, -0.1) is 0 Å². The lowest BCUT2D eigenvalue weighted by molar-refractivity contribution is -0.146. The van der Waals surface area contributed by atoms with Gasteiger partial charge in [-0.3, -0.25) is 4.79 Å². The summed E-state index contributed by atoms with van der Waals surface area (Å²) in [7, 11) is -3.80. The fourth-order valence-corrected chi connectivity index (χ4v) is 3.16. The minimum atomic E-state index is -3.80. The van der Waals surface area contributed by atoms with Crippen LogP contribution in [0.1, 0.15) is 25.0 Å². The Morgan fingerprint density at radius 1 is 1.26 bits per heavy atom. The van der Waals surface area contributed by atoms with Gasteiger partial charge >= 0.3 is 5.97 Å². The molecule has 8 heteroatoms. The number of esters is 1. The van der Waals surface area contributed by atoms with Crippen LogP contribution in [0, 0.1) is 13.8 Å². The van der Waals surface area contributed by atoms with E-state index >= 15 is 0 Å². The van der Waals surface area contributed by atoms with Gasteiger partial charge in [0.05, 0.1) is 18.0 Å². The third kappa shape index (κ3) is 5.65. The van der Waals surface area contributed by atoms with Crippen LogP contribution in [0.4, 0.5) is 0 Å². The van der Waals surface area contributed by atoms with Crippen molar-refractivity contribution in [3.8, 4) is 0 Å². The number of hydrogen-bond donors (Lipinski definition) is 2.